The lowest BCUT2D eigenvalue weighted by Gasteiger charge is -2.35. The summed E-state index contributed by atoms with van der Waals surface area (Å²) in [5.74, 6) is 1.30. The zero-order valence-electron chi connectivity index (χ0n) is 14.9. The van der Waals surface area contributed by atoms with E-state index in [1.807, 2.05) is 6.92 Å². The number of rotatable bonds is 4. The second-order valence-electron chi connectivity index (χ2n) is 5.91. The molecule has 0 aliphatic carbocycles. The highest BCUT2D eigenvalue weighted by Gasteiger charge is 2.23. The molecule has 1 aromatic heterocycles. The molecule has 1 saturated heterocycles. The van der Waals surface area contributed by atoms with Crippen LogP contribution in [0.5, 0.6) is 0 Å². The summed E-state index contributed by atoms with van der Waals surface area (Å²) >= 11 is 1.70. The quantitative estimate of drug-likeness (QED) is 0.663. The minimum absolute atomic E-state index is 0.233. The Morgan fingerprint density at radius 3 is 2.58 bits per heavy atom. The molecule has 1 fully saturated rings. The number of aliphatic imine (C=N–C) groups is 1. The van der Waals surface area contributed by atoms with Crippen molar-refractivity contribution in [3.8, 4) is 0 Å². The summed E-state index contributed by atoms with van der Waals surface area (Å²) in [6.07, 6.45) is -0.233. The number of piperazine rings is 1. The van der Waals surface area contributed by atoms with E-state index in [1.165, 1.54) is 0 Å². The van der Waals surface area contributed by atoms with Crippen LogP contribution < -0.4 is 5.32 Å². The largest absolute Gasteiger partial charge is 0.450 e. The first-order chi connectivity index (χ1) is 11.5. The SMILES string of the molecule is CCOC(=O)N1CCN(C(=NC)NCc2csc(C(C)C)n2)CC1. The second-order valence-corrected chi connectivity index (χ2v) is 6.80. The molecule has 1 N–H and O–H groups in total. The first kappa shape index (κ1) is 18.5. The first-order valence-electron chi connectivity index (χ1n) is 8.36. The Hall–Kier alpha value is -1.83. The molecule has 0 atom stereocenters. The number of thiazole rings is 1. The van der Waals surface area contributed by atoms with Crippen molar-refractivity contribution >= 4 is 23.4 Å². The van der Waals surface area contributed by atoms with Crippen LogP contribution in [0.4, 0.5) is 4.79 Å². The van der Waals surface area contributed by atoms with Gasteiger partial charge < -0.3 is 19.9 Å². The fraction of sp³-hybridized carbons (Fsp3) is 0.688. The predicted octanol–water partition coefficient (Wildman–Crippen LogP) is 2.12. The molecule has 0 aromatic carbocycles. The Balaban J connectivity index is 1.83. The molecular weight excluding hydrogens is 326 g/mol. The van der Waals surface area contributed by atoms with E-state index >= 15 is 0 Å². The van der Waals surface area contributed by atoms with Crippen molar-refractivity contribution < 1.29 is 9.53 Å². The molecule has 0 spiro atoms. The van der Waals surface area contributed by atoms with Crippen LogP contribution in [-0.2, 0) is 11.3 Å². The summed E-state index contributed by atoms with van der Waals surface area (Å²) in [6, 6.07) is 0. The lowest BCUT2D eigenvalue weighted by Crippen LogP contribution is -2.53. The number of carbonyl (C=O) groups excluding carboxylic acids is 1. The Kier molecular flexibility index (Phi) is 6.84. The molecule has 7 nitrogen and oxygen atoms in total. The van der Waals surface area contributed by atoms with Crippen molar-refractivity contribution in [3.63, 3.8) is 0 Å². The summed E-state index contributed by atoms with van der Waals surface area (Å²) in [6.45, 7) is 9.97. The molecule has 2 heterocycles. The number of guanidine groups is 1. The van der Waals surface area contributed by atoms with Gasteiger partial charge in [0, 0.05) is 44.5 Å². The van der Waals surface area contributed by atoms with E-state index in [-0.39, 0.29) is 6.09 Å². The van der Waals surface area contributed by atoms with Gasteiger partial charge in [-0.15, -0.1) is 11.3 Å². The van der Waals surface area contributed by atoms with E-state index in [1.54, 1.807) is 23.3 Å². The van der Waals surface area contributed by atoms with E-state index in [9.17, 15) is 4.79 Å². The van der Waals surface area contributed by atoms with Crippen LogP contribution in [0, 0.1) is 0 Å². The summed E-state index contributed by atoms with van der Waals surface area (Å²) in [7, 11) is 1.78. The van der Waals surface area contributed by atoms with Gasteiger partial charge in [-0.05, 0) is 6.92 Å². The van der Waals surface area contributed by atoms with Crippen LogP contribution in [0.15, 0.2) is 10.4 Å². The first-order valence-corrected chi connectivity index (χ1v) is 9.24. The Bertz CT molecular complexity index is 565. The zero-order valence-corrected chi connectivity index (χ0v) is 15.7. The number of hydrogen-bond acceptors (Lipinski definition) is 5. The molecule has 8 heteroatoms. The molecular formula is C16H27N5O2S. The Morgan fingerprint density at radius 1 is 1.38 bits per heavy atom. The highest BCUT2D eigenvalue weighted by molar-refractivity contribution is 7.09. The Morgan fingerprint density at radius 2 is 2.04 bits per heavy atom. The summed E-state index contributed by atoms with van der Waals surface area (Å²) in [5.41, 5.74) is 1.04. The van der Waals surface area contributed by atoms with Crippen LogP contribution in [-0.4, -0.2) is 66.7 Å². The van der Waals surface area contributed by atoms with Gasteiger partial charge >= 0.3 is 6.09 Å². The van der Waals surface area contributed by atoms with Crippen LogP contribution >= 0.6 is 11.3 Å². The number of hydrogen-bond donors (Lipinski definition) is 1. The van der Waals surface area contributed by atoms with Gasteiger partial charge in [-0.25, -0.2) is 9.78 Å². The van der Waals surface area contributed by atoms with Crippen molar-refractivity contribution in [2.24, 2.45) is 4.99 Å². The monoisotopic (exact) mass is 353 g/mol. The standard InChI is InChI=1S/C16H27N5O2S/c1-5-23-16(22)21-8-6-20(7-9-21)15(17-4)18-10-13-11-24-14(19-13)12(2)3/h11-12H,5-10H2,1-4H3,(H,17,18). The second kappa shape index (κ2) is 8.86. The van der Waals surface area contributed by atoms with Gasteiger partial charge in [0.15, 0.2) is 5.96 Å². The molecule has 2 rings (SSSR count). The lowest BCUT2D eigenvalue weighted by molar-refractivity contribution is 0.0914. The molecule has 1 aromatic rings. The van der Waals surface area contributed by atoms with E-state index in [4.69, 9.17) is 4.74 Å². The number of amides is 1. The summed E-state index contributed by atoms with van der Waals surface area (Å²) in [5, 5.41) is 6.61. The molecule has 24 heavy (non-hydrogen) atoms. The number of ether oxygens (including phenoxy) is 1. The lowest BCUT2D eigenvalue weighted by atomic mass is 10.2. The van der Waals surface area contributed by atoms with Gasteiger partial charge in [0.25, 0.3) is 0 Å². The minimum atomic E-state index is -0.233. The molecule has 1 aliphatic heterocycles. The normalized spacial score (nSPS) is 15.8. The Labute approximate surface area is 147 Å². The molecule has 134 valence electrons. The average Bonchev–Trinajstić information content (AvgIpc) is 3.05. The number of nitrogens with one attached hydrogen (secondary N) is 1. The van der Waals surface area contributed by atoms with Gasteiger partial charge in [-0.3, -0.25) is 4.99 Å². The molecule has 1 amide bonds. The number of carbonyl (C=O) groups is 1. The van der Waals surface area contributed by atoms with Crippen molar-refractivity contribution in [3.05, 3.63) is 16.1 Å². The van der Waals surface area contributed by atoms with Crippen LogP contribution in [0.1, 0.15) is 37.4 Å². The van der Waals surface area contributed by atoms with Crippen molar-refractivity contribution in [2.45, 2.75) is 33.2 Å². The van der Waals surface area contributed by atoms with Crippen LogP contribution in [0.3, 0.4) is 0 Å². The van der Waals surface area contributed by atoms with Crippen LogP contribution in [0.25, 0.3) is 0 Å². The molecule has 0 bridgehead atoms. The smallest absolute Gasteiger partial charge is 0.409 e. The van der Waals surface area contributed by atoms with Gasteiger partial charge in [0.1, 0.15) is 0 Å². The molecule has 0 saturated carbocycles. The third kappa shape index (κ3) is 4.83. The molecule has 0 radical (unpaired) electrons. The van der Waals surface area contributed by atoms with Crippen molar-refractivity contribution in [2.75, 3.05) is 39.8 Å². The highest BCUT2D eigenvalue weighted by atomic mass is 32.1. The maximum Gasteiger partial charge on any atom is 0.409 e. The topological polar surface area (TPSA) is 70.1 Å². The highest BCUT2D eigenvalue weighted by Crippen LogP contribution is 2.19. The van der Waals surface area contributed by atoms with E-state index < -0.39 is 0 Å². The van der Waals surface area contributed by atoms with Crippen LogP contribution in [0.2, 0.25) is 0 Å². The van der Waals surface area contributed by atoms with Gasteiger partial charge in [-0.2, -0.15) is 0 Å². The van der Waals surface area contributed by atoms with Gasteiger partial charge in [-0.1, -0.05) is 13.8 Å². The maximum absolute atomic E-state index is 11.7. The maximum atomic E-state index is 11.7. The fourth-order valence-corrected chi connectivity index (χ4v) is 3.32. The van der Waals surface area contributed by atoms with Gasteiger partial charge in [0.05, 0.1) is 23.9 Å². The van der Waals surface area contributed by atoms with E-state index in [2.05, 4.69) is 39.4 Å². The number of nitrogens with zero attached hydrogens (tertiary/aromatic N) is 4. The summed E-state index contributed by atoms with van der Waals surface area (Å²) in [4.78, 5) is 24.6. The van der Waals surface area contributed by atoms with Gasteiger partial charge in [0.2, 0.25) is 0 Å². The van der Waals surface area contributed by atoms with Crippen molar-refractivity contribution in [1.82, 2.24) is 20.1 Å². The van der Waals surface area contributed by atoms with E-state index in [0.29, 0.717) is 32.2 Å². The molecule has 0 unspecified atom stereocenters. The van der Waals surface area contributed by atoms with Crippen molar-refractivity contribution in [1.29, 1.82) is 0 Å². The number of aromatic nitrogens is 1. The fourth-order valence-electron chi connectivity index (χ4n) is 2.49. The minimum Gasteiger partial charge on any atom is -0.450 e. The summed E-state index contributed by atoms with van der Waals surface area (Å²) < 4.78 is 5.05. The zero-order chi connectivity index (χ0) is 17.5. The van der Waals surface area contributed by atoms with E-state index in [0.717, 1.165) is 29.8 Å². The molecule has 1 aliphatic rings. The third-order valence-electron chi connectivity index (χ3n) is 3.81. The average molecular weight is 353 g/mol. The predicted molar refractivity (Wildman–Crippen MR) is 96.6 cm³/mol. The third-order valence-corrected chi connectivity index (χ3v) is 5.00.